The molecule has 0 bridgehead atoms. The summed E-state index contributed by atoms with van der Waals surface area (Å²) in [5.74, 6) is -0.0764. The molecule has 1 aliphatic heterocycles. The lowest BCUT2D eigenvalue weighted by atomic mass is 9.99. The number of carbonyl (C=O) groups is 2. The number of amides is 2. The Morgan fingerprint density at radius 1 is 0.921 bits per heavy atom. The predicted octanol–water partition coefficient (Wildman–Crippen LogP) is 6.51. The van der Waals surface area contributed by atoms with E-state index < -0.39 is 11.9 Å². The topological polar surface area (TPSA) is 78.1 Å². The molecule has 0 saturated heterocycles. The van der Waals surface area contributed by atoms with Gasteiger partial charge < -0.3 is 15.2 Å². The molecule has 1 aromatic heterocycles. The third kappa shape index (κ3) is 4.37. The van der Waals surface area contributed by atoms with Crippen molar-refractivity contribution in [2.24, 2.45) is 0 Å². The second-order valence-corrected chi connectivity index (χ2v) is 9.02. The highest BCUT2D eigenvalue weighted by Crippen LogP contribution is 2.36. The van der Waals surface area contributed by atoms with Gasteiger partial charge in [-0.3, -0.25) is 9.59 Å². The molecule has 38 heavy (non-hydrogen) atoms. The lowest BCUT2D eigenvalue weighted by Crippen LogP contribution is -2.32. The fraction of sp³-hybridized carbons (Fsp3) is 0.0938. The van der Waals surface area contributed by atoms with Gasteiger partial charge in [-0.25, -0.2) is 4.98 Å². The van der Waals surface area contributed by atoms with Gasteiger partial charge in [0, 0.05) is 41.0 Å². The van der Waals surface area contributed by atoms with E-state index in [0.717, 1.165) is 11.1 Å². The van der Waals surface area contributed by atoms with Crippen molar-refractivity contribution < 1.29 is 15.1 Å². The van der Waals surface area contributed by atoms with Gasteiger partial charge in [-0.2, -0.15) is 0 Å². The van der Waals surface area contributed by atoms with E-state index >= 15 is 0 Å². The van der Waals surface area contributed by atoms with Crippen molar-refractivity contribution in [2.45, 2.75) is 13.3 Å². The number of para-hydroxylation sites is 1. The number of benzene rings is 4. The summed E-state index contributed by atoms with van der Waals surface area (Å²) in [7, 11) is 0. The molecule has 0 atom stereocenters. The number of aromatic nitrogens is 2. The molecule has 2 heterocycles. The van der Waals surface area contributed by atoms with Gasteiger partial charge >= 0.3 is 0 Å². The van der Waals surface area contributed by atoms with Gasteiger partial charge in [0.25, 0.3) is 11.8 Å². The number of nitrogens with one attached hydrogen (secondary N) is 2. The van der Waals surface area contributed by atoms with Crippen LogP contribution in [0.5, 0.6) is 0 Å². The summed E-state index contributed by atoms with van der Waals surface area (Å²) in [4.78, 5) is 36.1. The number of anilines is 2. The van der Waals surface area contributed by atoms with E-state index in [1.54, 1.807) is 37.3 Å². The number of nitrogens with zero attached hydrogens (tertiary/aromatic N) is 2. The van der Waals surface area contributed by atoms with Crippen LogP contribution in [0.25, 0.3) is 22.4 Å². The SMILES string of the molecule is [2H]c1c([2H])c([2H])c2c(c1[2H])-c1nc(C)[nH]c1CCN2C(=O)c1ccc(NC(=O)c2ccccc2-c2ccccc2)cc1. The Morgan fingerprint density at radius 3 is 2.47 bits per heavy atom. The minimum absolute atomic E-state index is 0.103. The third-order valence-electron chi connectivity index (χ3n) is 6.55. The number of fused-ring (bicyclic) bond motifs is 3. The number of H-pyrrole nitrogens is 1. The molecule has 0 unspecified atom stereocenters. The van der Waals surface area contributed by atoms with Crippen molar-refractivity contribution in [1.82, 2.24) is 9.97 Å². The molecule has 6 rings (SSSR count). The second-order valence-electron chi connectivity index (χ2n) is 9.02. The molecular formula is C32H26N4O2. The van der Waals surface area contributed by atoms with E-state index in [0.29, 0.717) is 40.4 Å². The summed E-state index contributed by atoms with van der Waals surface area (Å²) in [6.07, 6.45) is 0.394. The van der Waals surface area contributed by atoms with Crippen LogP contribution in [-0.2, 0) is 6.42 Å². The molecule has 1 aliphatic rings. The molecule has 4 aromatic carbocycles. The van der Waals surface area contributed by atoms with E-state index in [-0.39, 0.29) is 41.8 Å². The smallest absolute Gasteiger partial charge is 0.258 e. The summed E-state index contributed by atoms with van der Waals surface area (Å²) in [5.41, 5.74) is 4.52. The summed E-state index contributed by atoms with van der Waals surface area (Å²) in [5, 5.41) is 2.91. The second kappa shape index (κ2) is 9.82. The number of hydrogen-bond acceptors (Lipinski definition) is 3. The highest BCUT2D eigenvalue weighted by atomic mass is 16.2. The normalized spacial score (nSPS) is 13.8. The van der Waals surface area contributed by atoms with Gasteiger partial charge in [-0.1, -0.05) is 66.7 Å². The maximum Gasteiger partial charge on any atom is 0.258 e. The number of rotatable bonds is 4. The average Bonchev–Trinajstić information content (AvgIpc) is 3.30. The fourth-order valence-electron chi connectivity index (χ4n) is 4.75. The van der Waals surface area contributed by atoms with Crippen molar-refractivity contribution in [1.29, 1.82) is 0 Å². The quantitative estimate of drug-likeness (QED) is 0.294. The molecule has 0 radical (unpaired) electrons. The Hall–Kier alpha value is -4.97. The molecule has 0 fully saturated rings. The maximum atomic E-state index is 13.8. The van der Waals surface area contributed by atoms with Gasteiger partial charge in [-0.15, -0.1) is 0 Å². The molecule has 5 aromatic rings. The Bertz CT molecular complexity index is 1850. The first kappa shape index (κ1) is 19.2. The standard InChI is InChI=1S/C32H26N4O2/c1-21-33-28-19-20-36(29-14-8-7-13-27(29)30(28)34-21)32(38)23-15-17-24(18-16-23)35-31(37)26-12-6-5-11-25(26)22-9-3-2-4-10-22/h2-18H,19-20H2,1H3,(H,33,34)(H,35,37)/i7D,8D,13D,14D. The first-order valence-electron chi connectivity index (χ1n) is 14.3. The molecule has 0 spiro atoms. The van der Waals surface area contributed by atoms with E-state index in [1.165, 1.54) is 4.90 Å². The number of carbonyl (C=O) groups excluding carboxylic acids is 2. The van der Waals surface area contributed by atoms with Crippen LogP contribution in [0.3, 0.4) is 0 Å². The molecule has 186 valence electrons. The van der Waals surface area contributed by atoms with Crippen LogP contribution in [0.4, 0.5) is 11.4 Å². The van der Waals surface area contributed by atoms with Gasteiger partial charge in [0.1, 0.15) is 5.82 Å². The van der Waals surface area contributed by atoms with Crippen molar-refractivity contribution in [3.63, 3.8) is 0 Å². The maximum absolute atomic E-state index is 13.8. The minimum atomic E-state index is -0.421. The van der Waals surface area contributed by atoms with Gasteiger partial charge in [-0.05, 0) is 54.4 Å². The molecule has 0 aliphatic carbocycles. The summed E-state index contributed by atoms with van der Waals surface area (Å²) >= 11 is 0. The number of aryl methyl sites for hydroxylation is 1. The van der Waals surface area contributed by atoms with Gasteiger partial charge in [0.05, 0.1) is 16.9 Å². The lowest BCUT2D eigenvalue weighted by Gasteiger charge is -2.23. The van der Waals surface area contributed by atoms with Crippen molar-refractivity contribution in [2.75, 3.05) is 16.8 Å². The van der Waals surface area contributed by atoms with Crippen molar-refractivity contribution in [3.05, 3.63) is 126 Å². The monoisotopic (exact) mass is 502 g/mol. The van der Waals surface area contributed by atoms with Crippen LogP contribution >= 0.6 is 0 Å². The highest BCUT2D eigenvalue weighted by molar-refractivity contribution is 6.10. The fourth-order valence-corrected chi connectivity index (χ4v) is 4.75. The molecule has 2 N–H and O–H groups in total. The zero-order valence-corrected chi connectivity index (χ0v) is 20.6. The first-order valence-corrected chi connectivity index (χ1v) is 12.3. The summed E-state index contributed by atoms with van der Waals surface area (Å²) in [6, 6.07) is 22.1. The van der Waals surface area contributed by atoms with Crippen LogP contribution in [0.1, 0.15) is 37.7 Å². The van der Waals surface area contributed by atoms with Crippen LogP contribution < -0.4 is 10.2 Å². The largest absolute Gasteiger partial charge is 0.346 e. The van der Waals surface area contributed by atoms with E-state index in [2.05, 4.69) is 15.3 Å². The Balaban J connectivity index is 1.30. The number of aromatic amines is 1. The van der Waals surface area contributed by atoms with Crippen molar-refractivity contribution >= 4 is 23.2 Å². The zero-order valence-electron chi connectivity index (χ0n) is 24.6. The number of hydrogen-bond donors (Lipinski definition) is 2. The molecule has 6 nitrogen and oxygen atoms in total. The Morgan fingerprint density at radius 2 is 1.66 bits per heavy atom. The first-order chi connectivity index (χ1) is 20.2. The zero-order chi connectivity index (χ0) is 29.5. The lowest BCUT2D eigenvalue weighted by molar-refractivity contribution is 0.0986. The minimum Gasteiger partial charge on any atom is -0.346 e. The van der Waals surface area contributed by atoms with Crippen LogP contribution in [0.2, 0.25) is 0 Å². The van der Waals surface area contributed by atoms with Gasteiger partial charge in [0.2, 0.25) is 0 Å². The third-order valence-corrected chi connectivity index (χ3v) is 6.55. The van der Waals surface area contributed by atoms with Crippen LogP contribution in [0, 0.1) is 6.92 Å². The molecule has 0 saturated carbocycles. The van der Waals surface area contributed by atoms with Gasteiger partial charge in [0.15, 0.2) is 0 Å². The summed E-state index contributed by atoms with van der Waals surface area (Å²) in [6.45, 7) is 1.97. The summed E-state index contributed by atoms with van der Waals surface area (Å²) < 4.78 is 33.7. The Labute approximate surface area is 226 Å². The number of imidazole rings is 1. The molecule has 6 heteroatoms. The van der Waals surface area contributed by atoms with E-state index in [4.69, 9.17) is 5.48 Å². The highest BCUT2D eigenvalue weighted by Gasteiger charge is 2.26. The van der Waals surface area contributed by atoms with Crippen LogP contribution in [0.15, 0.2) is 103 Å². The van der Waals surface area contributed by atoms with Crippen molar-refractivity contribution in [3.8, 4) is 22.4 Å². The van der Waals surface area contributed by atoms with E-state index in [9.17, 15) is 9.59 Å². The molecular weight excluding hydrogens is 472 g/mol. The Kier molecular flexibility index (Phi) is 4.96. The average molecular weight is 503 g/mol. The van der Waals surface area contributed by atoms with Crippen LogP contribution in [-0.4, -0.2) is 28.3 Å². The predicted molar refractivity (Wildman–Crippen MR) is 150 cm³/mol. The van der Waals surface area contributed by atoms with E-state index in [1.807, 2.05) is 48.5 Å². The molecule has 2 amide bonds.